The van der Waals surface area contributed by atoms with E-state index in [1.807, 2.05) is 0 Å². The zero-order valence-corrected chi connectivity index (χ0v) is 11.5. The van der Waals surface area contributed by atoms with Crippen LogP contribution in [0.25, 0.3) is 0 Å². The zero-order valence-electron chi connectivity index (χ0n) is 7.80. The predicted molar refractivity (Wildman–Crippen MR) is 64.2 cm³/mol. The first-order valence-electron chi connectivity index (χ1n) is 5.06. The van der Waals surface area contributed by atoms with Crippen LogP contribution in [0.5, 0.6) is 0 Å². The molecule has 1 aliphatic rings. The molecule has 0 spiro atoms. The van der Waals surface area contributed by atoms with E-state index in [-0.39, 0.29) is 0 Å². The molecule has 0 aromatic heterocycles. The van der Waals surface area contributed by atoms with Gasteiger partial charge in [-0.1, -0.05) is 0 Å². The number of benzene rings is 1. The van der Waals surface area contributed by atoms with E-state index in [4.69, 9.17) is 0 Å². The van der Waals surface area contributed by atoms with Crippen molar-refractivity contribution in [2.75, 3.05) is 0 Å². The molecule has 70 valence electrons. The normalized spacial score (nSPS) is 21.3. The molecule has 0 saturated carbocycles. The van der Waals surface area contributed by atoms with Gasteiger partial charge in [-0.05, 0) is 0 Å². The molecule has 1 aromatic rings. The van der Waals surface area contributed by atoms with Crippen LogP contribution in [0.3, 0.4) is 0 Å². The van der Waals surface area contributed by atoms with Gasteiger partial charge in [0.05, 0.1) is 0 Å². The molecule has 2 rings (SSSR count). The van der Waals surface area contributed by atoms with Crippen molar-refractivity contribution in [1.29, 1.82) is 0 Å². The first-order chi connectivity index (χ1) is 6.31. The molecule has 1 fully saturated rings. The minimum absolute atomic E-state index is 1.44. The summed E-state index contributed by atoms with van der Waals surface area (Å²) in [5.74, 6) is 0. The van der Waals surface area contributed by atoms with Crippen LogP contribution in [0.4, 0.5) is 0 Å². The van der Waals surface area contributed by atoms with E-state index in [0.717, 1.165) is 0 Å². The Bertz CT molecular complexity index is 265. The second-order valence-electron chi connectivity index (χ2n) is 3.89. The average Bonchev–Trinajstić information content (AvgIpc) is 2.20. The Kier molecular flexibility index (Phi) is 3.15. The first kappa shape index (κ1) is 9.78. The molecule has 1 saturated heterocycles. The molecule has 0 bridgehead atoms. The topological polar surface area (TPSA) is 0 Å². The maximum atomic E-state index is 4.09. The molecular weight excluding hydrogens is 285 g/mol. The Morgan fingerprint density at radius 3 is 2.15 bits per heavy atom. The number of hydrogen-bond donors (Lipinski definition) is 0. The molecule has 1 aromatic carbocycles. The molecule has 2 heteroatoms. The summed E-state index contributed by atoms with van der Waals surface area (Å²) in [6.07, 6.45) is 4.34. The van der Waals surface area contributed by atoms with Crippen LogP contribution < -0.4 is 4.40 Å². The predicted octanol–water partition coefficient (Wildman–Crippen LogP) is 3.42. The van der Waals surface area contributed by atoms with Crippen LogP contribution in [0.15, 0.2) is 30.3 Å². The van der Waals surface area contributed by atoms with E-state index in [1.54, 1.807) is 4.40 Å². The van der Waals surface area contributed by atoms with Gasteiger partial charge in [-0.25, -0.2) is 0 Å². The van der Waals surface area contributed by atoms with E-state index in [9.17, 15) is 0 Å². The second kappa shape index (κ2) is 4.18. The van der Waals surface area contributed by atoms with Crippen molar-refractivity contribution in [1.82, 2.24) is 0 Å². The van der Waals surface area contributed by atoms with E-state index in [0.29, 0.717) is 0 Å². The Morgan fingerprint density at radius 1 is 0.923 bits per heavy atom. The van der Waals surface area contributed by atoms with Crippen LogP contribution in [-0.4, -0.2) is 11.4 Å². The Hall–Kier alpha value is 0.243. The SMILES string of the molecule is [Br][Ge]1([c]2ccccc2)[CH2]CCC[CH2]1. The summed E-state index contributed by atoms with van der Waals surface area (Å²) < 4.78 is 1.64. The minimum atomic E-state index is -1.72. The van der Waals surface area contributed by atoms with Gasteiger partial charge < -0.3 is 0 Å². The number of halogens is 1. The van der Waals surface area contributed by atoms with Crippen molar-refractivity contribution >= 4 is 29.8 Å². The van der Waals surface area contributed by atoms with Crippen LogP contribution in [0.2, 0.25) is 10.5 Å². The molecule has 0 N–H and O–H groups in total. The van der Waals surface area contributed by atoms with Gasteiger partial charge in [0.25, 0.3) is 0 Å². The summed E-state index contributed by atoms with van der Waals surface area (Å²) in [6.45, 7) is 0. The van der Waals surface area contributed by atoms with Crippen molar-refractivity contribution in [2.24, 2.45) is 0 Å². The fourth-order valence-corrected chi connectivity index (χ4v) is 13.2. The Labute approximate surface area is 89.7 Å². The van der Waals surface area contributed by atoms with Gasteiger partial charge in [0.15, 0.2) is 0 Å². The maximum absolute atomic E-state index is 4.09. The van der Waals surface area contributed by atoms with E-state index in [2.05, 4.69) is 44.3 Å². The van der Waals surface area contributed by atoms with E-state index < -0.39 is 11.4 Å². The first-order valence-corrected chi connectivity index (χ1v) is 14.0. The summed E-state index contributed by atoms with van der Waals surface area (Å²) in [5, 5.41) is 2.95. The molecule has 0 amide bonds. The van der Waals surface area contributed by atoms with E-state index in [1.165, 1.54) is 29.8 Å². The molecule has 1 aliphatic heterocycles. The molecule has 0 unspecified atom stereocenters. The fourth-order valence-electron chi connectivity index (χ4n) is 2.14. The van der Waals surface area contributed by atoms with Gasteiger partial charge in [-0.3, -0.25) is 0 Å². The van der Waals surface area contributed by atoms with Crippen LogP contribution in [0, 0.1) is 0 Å². The van der Waals surface area contributed by atoms with E-state index >= 15 is 0 Å². The standard InChI is InChI=1S/C11H15BrGe/c12-13(9-5-2-6-10-13)11-7-3-1-4-8-11/h1,3-4,7-8H,2,5-6,9-10H2. The molecule has 13 heavy (non-hydrogen) atoms. The zero-order chi connectivity index (χ0) is 9.15. The third-order valence-corrected chi connectivity index (χ3v) is 17.1. The summed E-state index contributed by atoms with van der Waals surface area (Å²) in [7, 11) is 0. The van der Waals surface area contributed by atoms with Gasteiger partial charge in [0, 0.05) is 0 Å². The molecular formula is C11H15BrGe. The summed E-state index contributed by atoms with van der Waals surface area (Å²) in [6, 6.07) is 11.1. The average molecular weight is 300 g/mol. The second-order valence-corrected chi connectivity index (χ2v) is 19.1. The van der Waals surface area contributed by atoms with Crippen molar-refractivity contribution in [3.63, 3.8) is 0 Å². The molecule has 0 aliphatic carbocycles. The van der Waals surface area contributed by atoms with Gasteiger partial charge >= 0.3 is 89.9 Å². The Morgan fingerprint density at radius 2 is 1.54 bits per heavy atom. The summed E-state index contributed by atoms with van der Waals surface area (Å²) in [4.78, 5) is 0. The van der Waals surface area contributed by atoms with Crippen molar-refractivity contribution in [3.05, 3.63) is 30.3 Å². The van der Waals surface area contributed by atoms with Gasteiger partial charge in [0.2, 0.25) is 0 Å². The summed E-state index contributed by atoms with van der Waals surface area (Å²) >= 11 is 2.37. The molecule has 0 nitrogen and oxygen atoms in total. The van der Waals surface area contributed by atoms with Crippen molar-refractivity contribution in [3.8, 4) is 0 Å². The fraction of sp³-hybridized carbons (Fsp3) is 0.455. The van der Waals surface area contributed by atoms with Crippen LogP contribution >= 0.6 is 14.0 Å². The van der Waals surface area contributed by atoms with Gasteiger partial charge in [-0.2, -0.15) is 0 Å². The number of rotatable bonds is 1. The van der Waals surface area contributed by atoms with Crippen LogP contribution in [0.1, 0.15) is 19.3 Å². The third kappa shape index (κ3) is 2.19. The molecule has 1 heterocycles. The third-order valence-electron chi connectivity index (χ3n) is 2.94. The number of hydrogen-bond acceptors (Lipinski definition) is 0. The van der Waals surface area contributed by atoms with Gasteiger partial charge in [-0.15, -0.1) is 0 Å². The van der Waals surface area contributed by atoms with Crippen LogP contribution in [-0.2, 0) is 0 Å². The van der Waals surface area contributed by atoms with Gasteiger partial charge in [0.1, 0.15) is 0 Å². The van der Waals surface area contributed by atoms with Crippen molar-refractivity contribution in [2.45, 2.75) is 29.8 Å². The summed E-state index contributed by atoms with van der Waals surface area (Å²) in [5.41, 5.74) is 0. The Balaban J connectivity index is 2.23. The van der Waals surface area contributed by atoms with Crippen molar-refractivity contribution < 1.29 is 0 Å². The monoisotopic (exact) mass is 300 g/mol. The molecule has 0 atom stereocenters. The molecule has 0 radical (unpaired) electrons. The quantitative estimate of drug-likeness (QED) is 0.697.